The number of fused-ring (bicyclic) bond motifs is 7. The quantitative estimate of drug-likeness (QED) is 0.676. The van der Waals surface area contributed by atoms with Crippen molar-refractivity contribution in [2.24, 2.45) is 33.6 Å². The summed E-state index contributed by atoms with van der Waals surface area (Å²) < 4.78 is 11.2. The van der Waals surface area contributed by atoms with Gasteiger partial charge >= 0.3 is 5.97 Å². The number of rotatable bonds is 3. The molecule has 5 aliphatic rings. The summed E-state index contributed by atoms with van der Waals surface area (Å²) in [5.41, 5.74) is -1.04. The Kier molecular flexibility index (Phi) is 4.62. The van der Waals surface area contributed by atoms with Crippen LogP contribution in [0.25, 0.3) is 0 Å². The molecule has 0 saturated heterocycles. The smallest absolute Gasteiger partial charge is 0.303 e. The normalized spacial score (nSPS) is 46.2. The number of carbonyl (C=O) groups excluding carboxylic acids is 3. The van der Waals surface area contributed by atoms with Crippen molar-refractivity contribution in [1.82, 2.24) is 0 Å². The maximum absolute atomic E-state index is 13.5. The predicted octanol–water partition coefficient (Wildman–Crippen LogP) is 2.56. The number of aliphatic hydroxyl groups excluding tert-OH is 1. The lowest BCUT2D eigenvalue weighted by atomic mass is 9.46. The number of aliphatic hydroxyl groups is 1. The van der Waals surface area contributed by atoms with Crippen molar-refractivity contribution >= 4 is 23.4 Å². The first-order valence-electron chi connectivity index (χ1n) is 11.5. The van der Waals surface area contributed by atoms with E-state index in [0.717, 1.165) is 18.4 Å². The first kappa shape index (κ1) is 21.6. The fourth-order valence-corrected chi connectivity index (χ4v) is 7.97. The molecular weight excluding hydrogens is 410 g/mol. The van der Waals surface area contributed by atoms with E-state index in [9.17, 15) is 19.5 Å². The first-order chi connectivity index (χ1) is 15.0. The highest BCUT2D eigenvalue weighted by Crippen LogP contribution is 2.69. The van der Waals surface area contributed by atoms with Gasteiger partial charge < -0.3 is 14.6 Å². The van der Waals surface area contributed by atoms with E-state index >= 15 is 0 Å². The van der Waals surface area contributed by atoms with Crippen molar-refractivity contribution < 1.29 is 29.0 Å². The van der Waals surface area contributed by atoms with Crippen LogP contribution in [0.3, 0.4) is 0 Å². The van der Waals surface area contributed by atoms with Crippen LogP contribution in [-0.2, 0) is 23.9 Å². The zero-order valence-corrected chi connectivity index (χ0v) is 19.1. The van der Waals surface area contributed by atoms with Gasteiger partial charge in [-0.25, -0.2) is 4.99 Å². The van der Waals surface area contributed by atoms with E-state index in [0.29, 0.717) is 18.7 Å². The topological polar surface area (TPSA) is 102 Å². The van der Waals surface area contributed by atoms with Crippen molar-refractivity contribution in [3.63, 3.8) is 0 Å². The minimum Gasteiger partial charge on any atom is -0.475 e. The molecular formula is C25H31NO6. The largest absolute Gasteiger partial charge is 0.475 e. The van der Waals surface area contributed by atoms with Crippen LogP contribution in [0.5, 0.6) is 0 Å². The molecule has 3 fully saturated rings. The van der Waals surface area contributed by atoms with Gasteiger partial charge in [0.05, 0.1) is 6.10 Å². The summed E-state index contributed by atoms with van der Waals surface area (Å²) in [6.07, 6.45) is 7.01. The van der Waals surface area contributed by atoms with Gasteiger partial charge in [0, 0.05) is 30.6 Å². The molecule has 7 nitrogen and oxygen atoms in total. The van der Waals surface area contributed by atoms with Crippen molar-refractivity contribution in [1.29, 1.82) is 0 Å². The summed E-state index contributed by atoms with van der Waals surface area (Å²) in [6.45, 7) is 6.88. The summed E-state index contributed by atoms with van der Waals surface area (Å²) in [5, 5.41) is 11.6. The average Bonchev–Trinajstić information content (AvgIpc) is 3.17. The molecule has 1 heterocycles. The van der Waals surface area contributed by atoms with Gasteiger partial charge in [-0.1, -0.05) is 25.5 Å². The maximum atomic E-state index is 13.5. The van der Waals surface area contributed by atoms with E-state index in [1.807, 2.05) is 6.08 Å². The minimum atomic E-state index is -1.15. The summed E-state index contributed by atoms with van der Waals surface area (Å²) in [4.78, 5) is 41.7. The molecule has 0 spiro atoms. The molecule has 172 valence electrons. The number of hydrogen-bond donors (Lipinski definition) is 1. The first-order valence-corrected chi connectivity index (χ1v) is 11.5. The van der Waals surface area contributed by atoms with Crippen LogP contribution in [0.1, 0.15) is 53.4 Å². The molecule has 0 aromatic rings. The third-order valence-corrected chi connectivity index (χ3v) is 9.17. The fourth-order valence-electron chi connectivity index (χ4n) is 7.97. The van der Waals surface area contributed by atoms with Crippen LogP contribution in [-0.4, -0.2) is 52.9 Å². The summed E-state index contributed by atoms with van der Waals surface area (Å²) in [5.74, 6) is -0.0140. The van der Waals surface area contributed by atoms with Crippen LogP contribution in [0, 0.1) is 28.6 Å². The van der Waals surface area contributed by atoms with Crippen molar-refractivity contribution in [2.45, 2.75) is 71.1 Å². The van der Waals surface area contributed by atoms with Crippen LogP contribution < -0.4 is 0 Å². The van der Waals surface area contributed by atoms with Gasteiger partial charge in [0.2, 0.25) is 5.78 Å². The summed E-state index contributed by atoms with van der Waals surface area (Å²) in [7, 11) is 0. The fraction of sp³-hybridized carbons (Fsp3) is 0.680. The molecule has 0 aromatic carbocycles. The number of allylic oxidation sites excluding steroid dienone is 4. The average molecular weight is 442 g/mol. The molecule has 4 aliphatic carbocycles. The lowest BCUT2D eigenvalue weighted by molar-refractivity contribution is -0.155. The summed E-state index contributed by atoms with van der Waals surface area (Å²) in [6, 6.07) is 0. The van der Waals surface area contributed by atoms with Gasteiger partial charge in [-0.3, -0.25) is 14.4 Å². The molecule has 0 aromatic heterocycles. The molecule has 8 atom stereocenters. The molecule has 5 rings (SSSR count). The number of carbonyl (C=O) groups is 3. The molecule has 0 unspecified atom stereocenters. The molecule has 32 heavy (non-hydrogen) atoms. The van der Waals surface area contributed by atoms with Crippen LogP contribution in [0.4, 0.5) is 0 Å². The number of aliphatic imine (C=N–C) groups is 1. The summed E-state index contributed by atoms with van der Waals surface area (Å²) >= 11 is 0. The van der Waals surface area contributed by atoms with E-state index in [4.69, 9.17) is 14.5 Å². The van der Waals surface area contributed by atoms with Gasteiger partial charge in [0.25, 0.3) is 0 Å². The highest BCUT2D eigenvalue weighted by atomic mass is 16.5. The zero-order chi connectivity index (χ0) is 23.1. The standard InChI is InChI=1S/C25H31NO6/c1-13-26-25(20(30)12-31-14(2)27)21(32-13)10-18-17-6-5-15-9-16(28)7-8-23(15,3)22(17)19(29)11-24(18,25)4/h7-9,17-19,21-22,29H,5-6,10-12H2,1-4H3/t17-,18-,19-,21+,22-,23-,24-,25+/m0/s1. The Bertz CT molecular complexity index is 996. The molecule has 1 aliphatic heterocycles. The Hall–Kier alpha value is -2.28. The monoisotopic (exact) mass is 441 g/mol. The SMILES string of the molecule is CC(=O)OCC(=O)[C@@]12N=C(C)O[C@@H]1C[C@H]1[C@@H]3CCC4=CC(=O)C=C[C@]4(C)[C@@H]3[C@@H](O)C[C@@]12C. The van der Waals surface area contributed by atoms with Gasteiger partial charge in [-0.15, -0.1) is 0 Å². The molecule has 0 bridgehead atoms. The highest BCUT2D eigenvalue weighted by Gasteiger charge is 2.74. The van der Waals surface area contributed by atoms with E-state index in [-0.39, 0.29) is 41.3 Å². The number of esters is 1. The predicted molar refractivity (Wildman–Crippen MR) is 116 cm³/mol. The second-order valence-electron chi connectivity index (χ2n) is 10.7. The Labute approximate surface area is 187 Å². The third-order valence-electron chi connectivity index (χ3n) is 9.17. The Morgan fingerprint density at radius 1 is 1.34 bits per heavy atom. The molecule has 7 heteroatoms. The minimum absolute atomic E-state index is 0.00898. The van der Waals surface area contributed by atoms with Crippen molar-refractivity contribution in [2.75, 3.05) is 6.61 Å². The maximum Gasteiger partial charge on any atom is 0.303 e. The Balaban J connectivity index is 1.56. The number of Topliss-reactive ketones (excluding diaryl/α,β-unsaturated/α-hetero) is 1. The second kappa shape index (κ2) is 6.86. The van der Waals surface area contributed by atoms with Gasteiger partial charge in [-0.05, 0) is 49.7 Å². The van der Waals surface area contributed by atoms with Gasteiger partial charge in [-0.2, -0.15) is 0 Å². The number of ketones is 2. The van der Waals surface area contributed by atoms with E-state index in [1.165, 1.54) is 6.92 Å². The number of hydrogen-bond acceptors (Lipinski definition) is 7. The molecule has 3 saturated carbocycles. The van der Waals surface area contributed by atoms with Crippen molar-refractivity contribution in [3.05, 3.63) is 23.8 Å². The molecule has 0 amide bonds. The zero-order valence-electron chi connectivity index (χ0n) is 19.1. The Morgan fingerprint density at radius 2 is 2.09 bits per heavy atom. The van der Waals surface area contributed by atoms with E-state index in [1.54, 1.807) is 19.1 Å². The lowest BCUT2D eigenvalue weighted by Crippen LogP contribution is -2.62. The van der Waals surface area contributed by atoms with E-state index in [2.05, 4.69) is 13.8 Å². The number of ether oxygens (including phenoxy) is 2. The van der Waals surface area contributed by atoms with Gasteiger partial charge in [0.1, 0.15) is 6.10 Å². The lowest BCUT2D eigenvalue weighted by Gasteiger charge is -2.59. The number of nitrogens with zero attached hydrogens (tertiary/aromatic N) is 1. The van der Waals surface area contributed by atoms with Crippen LogP contribution in [0.2, 0.25) is 0 Å². The van der Waals surface area contributed by atoms with Gasteiger partial charge in [0.15, 0.2) is 23.8 Å². The van der Waals surface area contributed by atoms with Crippen LogP contribution in [0.15, 0.2) is 28.8 Å². The molecule has 1 N–H and O–H groups in total. The van der Waals surface area contributed by atoms with Crippen LogP contribution >= 0.6 is 0 Å². The van der Waals surface area contributed by atoms with Crippen molar-refractivity contribution in [3.8, 4) is 0 Å². The second-order valence-corrected chi connectivity index (χ2v) is 10.7. The molecule has 0 radical (unpaired) electrons. The third kappa shape index (κ3) is 2.63. The van der Waals surface area contributed by atoms with E-state index < -0.39 is 29.1 Å². The Morgan fingerprint density at radius 3 is 2.81 bits per heavy atom. The highest BCUT2D eigenvalue weighted by molar-refractivity contribution is 6.01.